The van der Waals surface area contributed by atoms with Gasteiger partial charge in [-0.1, -0.05) is 41.9 Å². The second-order valence-electron chi connectivity index (χ2n) is 5.16. The van der Waals surface area contributed by atoms with Gasteiger partial charge in [0.15, 0.2) is 0 Å². The maximum absolute atomic E-state index is 6.36. The van der Waals surface area contributed by atoms with Crippen LogP contribution < -0.4 is 4.90 Å². The van der Waals surface area contributed by atoms with Crippen LogP contribution in [0.2, 0.25) is 5.02 Å². The Labute approximate surface area is 137 Å². The molecule has 1 unspecified atom stereocenters. The van der Waals surface area contributed by atoms with Crippen molar-refractivity contribution in [1.82, 2.24) is 9.97 Å². The first-order chi connectivity index (χ1) is 10.8. The molecule has 1 aromatic carbocycles. The zero-order chi connectivity index (χ0) is 14.9. The SMILES string of the molecule is Clc1csc2ncnc(N3CCOCC3c3ccccc3)c12. The van der Waals surface area contributed by atoms with E-state index in [1.54, 1.807) is 17.7 Å². The molecule has 1 fully saturated rings. The van der Waals surface area contributed by atoms with Crippen LogP contribution in [0.4, 0.5) is 5.82 Å². The molecule has 0 radical (unpaired) electrons. The lowest BCUT2D eigenvalue weighted by Crippen LogP contribution is -2.40. The molecule has 1 atom stereocenters. The summed E-state index contributed by atoms with van der Waals surface area (Å²) in [5.41, 5.74) is 1.22. The molecule has 3 aromatic rings. The van der Waals surface area contributed by atoms with Gasteiger partial charge in [0.25, 0.3) is 0 Å². The Kier molecular flexibility index (Phi) is 3.70. The number of nitrogens with zero attached hydrogens (tertiary/aromatic N) is 3. The second-order valence-corrected chi connectivity index (χ2v) is 6.42. The van der Waals surface area contributed by atoms with E-state index in [4.69, 9.17) is 16.3 Å². The first kappa shape index (κ1) is 13.9. The third kappa shape index (κ3) is 2.35. The number of fused-ring (bicyclic) bond motifs is 1. The van der Waals surface area contributed by atoms with E-state index in [2.05, 4.69) is 39.1 Å². The van der Waals surface area contributed by atoms with Crippen LogP contribution in [0.5, 0.6) is 0 Å². The van der Waals surface area contributed by atoms with Crippen molar-refractivity contribution in [1.29, 1.82) is 0 Å². The number of halogens is 1. The molecule has 0 spiro atoms. The van der Waals surface area contributed by atoms with Gasteiger partial charge in [0, 0.05) is 11.9 Å². The van der Waals surface area contributed by atoms with E-state index < -0.39 is 0 Å². The molecule has 0 amide bonds. The number of anilines is 1. The number of benzene rings is 1. The molecule has 3 heterocycles. The summed E-state index contributed by atoms with van der Waals surface area (Å²) in [6.45, 7) is 2.13. The van der Waals surface area contributed by atoms with Crippen molar-refractivity contribution in [3.63, 3.8) is 0 Å². The molecule has 0 N–H and O–H groups in total. The fraction of sp³-hybridized carbons (Fsp3) is 0.250. The summed E-state index contributed by atoms with van der Waals surface area (Å²) in [5.74, 6) is 0.897. The zero-order valence-electron chi connectivity index (χ0n) is 11.8. The molecular weight excluding hydrogens is 318 g/mol. The Morgan fingerprint density at radius 1 is 1.23 bits per heavy atom. The van der Waals surface area contributed by atoms with Gasteiger partial charge in [0.2, 0.25) is 0 Å². The number of hydrogen-bond donors (Lipinski definition) is 0. The summed E-state index contributed by atoms with van der Waals surface area (Å²) >= 11 is 7.91. The molecule has 112 valence electrons. The number of aromatic nitrogens is 2. The highest BCUT2D eigenvalue weighted by Gasteiger charge is 2.28. The number of rotatable bonds is 2. The molecular formula is C16H14ClN3OS. The van der Waals surface area contributed by atoms with E-state index in [1.807, 2.05) is 11.4 Å². The summed E-state index contributed by atoms with van der Waals surface area (Å²) in [5, 5.41) is 3.58. The maximum atomic E-state index is 6.36. The molecule has 1 aliphatic heterocycles. The van der Waals surface area contributed by atoms with Crippen molar-refractivity contribution in [2.24, 2.45) is 0 Å². The van der Waals surface area contributed by atoms with E-state index >= 15 is 0 Å². The largest absolute Gasteiger partial charge is 0.377 e. The first-order valence-corrected chi connectivity index (χ1v) is 8.37. The predicted octanol–water partition coefficient (Wildman–Crippen LogP) is 3.92. The molecule has 0 aliphatic carbocycles. The quantitative estimate of drug-likeness (QED) is 0.713. The average molecular weight is 332 g/mol. The molecule has 22 heavy (non-hydrogen) atoms. The fourth-order valence-corrected chi connectivity index (χ4v) is 3.98. The minimum atomic E-state index is 0.143. The van der Waals surface area contributed by atoms with Gasteiger partial charge in [-0.2, -0.15) is 0 Å². The van der Waals surface area contributed by atoms with Crippen molar-refractivity contribution >= 4 is 39.0 Å². The number of thiophene rings is 1. The lowest BCUT2D eigenvalue weighted by molar-refractivity contribution is 0.0939. The highest BCUT2D eigenvalue weighted by atomic mass is 35.5. The predicted molar refractivity (Wildman–Crippen MR) is 89.8 cm³/mol. The highest BCUT2D eigenvalue weighted by Crippen LogP contribution is 2.38. The van der Waals surface area contributed by atoms with Crippen LogP contribution in [0.15, 0.2) is 42.0 Å². The van der Waals surface area contributed by atoms with Crippen molar-refractivity contribution in [2.45, 2.75) is 6.04 Å². The van der Waals surface area contributed by atoms with Gasteiger partial charge in [-0.25, -0.2) is 9.97 Å². The number of ether oxygens (including phenoxy) is 1. The molecule has 0 bridgehead atoms. The lowest BCUT2D eigenvalue weighted by atomic mass is 10.0. The minimum absolute atomic E-state index is 0.143. The summed E-state index contributed by atoms with van der Waals surface area (Å²) in [6, 6.07) is 10.5. The fourth-order valence-electron chi connectivity index (χ4n) is 2.85. The zero-order valence-corrected chi connectivity index (χ0v) is 13.3. The lowest BCUT2D eigenvalue weighted by Gasteiger charge is -2.37. The van der Waals surface area contributed by atoms with Crippen LogP contribution in [0, 0.1) is 0 Å². The molecule has 6 heteroatoms. The van der Waals surface area contributed by atoms with E-state index in [9.17, 15) is 0 Å². The standard InChI is InChI=1S/C16H14ClN3OS/c17-12-9-22-16-14(12)15(18-10-19-16)20-6-7-21-8-13(20)11-4-2-1-3-5-11/h1-5,9-10,13H,6-8H2. The molecule has 1 aliphatic rings. The monoisotopic (exact) mass is 331 g/mol. The van der Waals surface area contributed by atoms with Gasteiger partial charge in [0.1, 0.15) is 17.0 Å². The molecule has 1 saturated heterocycles. The Morgan fingerprint density at radius 3 is 2.95 bits per heavy atom. The topological polar surface area (TPSA) is 38.2 Å². The van der Waals surface area contributed by atoms with Crippen LogP contribution >= 0.6 is 22.9 Å². The van der Waals surface area contributed by atoms with Crippen molar-refractivity contribution < 1.29 is 4.74 Å². The van der Waals surface area contributed by atoms with E-state index in [0.717, 1.165) is 22.6 Å². The Morgan fingerprint density at radius 2 is 2.09 bits per heavy atom. The smallest absolute Gasteiger partial charge is 0.142 e. The molecule has 4 rings (SSSR count). The molecule has 0 saturated carbocycles. The van der Waals surface area contributed by atoms with Crippen molar-refractivity contribution in [3.05, 3.63) is 52.6 Å². The summed E-state index contributed by atoms with van der Waals surface area (Å²) in [7, 11) is 0. The Balaban J connectivity index is 1.82. The maximum Gasteiger partial charge on any atom is 0.142 e. The third-order valence-corrected chi connectivity index (χ3v) is 5.20. The Hall–Kier alpha value is -1.69. The third-order valence-electron chi connectivity index (χ3n) is 3.89. The molecule has 4 nitrogen and oxygen atoms in total. The normalized spacial score (nSPS) is 18.8. The molecule has 2 aromatic heterocycles. The highest BCUT2D eigenvalue weighted by molar-refractivity contribution is 7.17. The van der Waals surface area contributed by atoms with E-state index in [1.165, 1.54) is 5.56 Å². The van der Waals surface area contributed by atoms with Crippen LogP contribution in [-0.4, -0.2) is 29.7 Å². The van der Waals surface area contributed by atoms with E-state index in [-0.39, 0.29) is 6.04 Å². The van der Waals surface area contributed by atoms with E-state index in [0.29, 0.717) is 18.2 Å². The second kappa shape index (κ2) is 5.83. The van der Waals surface area contributed by atoms with Crippen molar-refractivity contribution in [2.75, 3.05) is 24.7 Å². The van der Waals surface area contributed by atoms with Gasteiger partial charge < -0.3 is 9.64 Å². The van der Waals surface area contributed by atoms with Crippen LogP contribution in [0.25, 0.3) is 10.2 Å². The summed E-state index contributed by atoms with van der Waals surface area (Å²) in [6.07, 6.45) is 1.61. The van der Waals surface area contributed by atoms with Crippen LogP contribution in [0.3, 0.4) is 0 Å². The number of hydrogen-bond acceptors (Lipinski definition) is 5. The first-order valence-electron chi connectivity index (χ1n) is 7.11. The summed E-state index contributed by atoms with van der Waals surface area (Å²) < 4.78 is 5.70. The average Bonchev–Trinajstić information content (AvgIpc) is 2.97. The van der Waals surface area contributed by atoms with Gasteiger partial charge in [-0.15, -0.1) is 11.3 Å². The van der Waals surface area contributed by atoms with Crippen molar-refractivity contribution in [3.8, 4) is 0 Å². The van der Waals surface area contributed by atoms with Gasteiger partial charge in [-0.05, 0) is 5.56 Å². The summed E-state index contributed by atoms with van der Waals surface area (Å²) in [4.78, 5) is 12.0. The van der Waals surface area contributed by atoms with Gasteiger partial charge in [0.05, 0.1) is 29.7 Å². The van der Waals surface area contributed by atoms with Crippen LogP contribution in [0.1, 0.15) is 11.6 Å². The Bertz CT molecular complexity index is 792. The minimum Gasteiger partial charge on any atom is -0.377 e. The number of morpholine rings is 1. The van der Waals surface area contributed by atoms with Gasteiger partial charge in [-0.3, -0.25) is 0 Å². The van der Waals surface area contributed by atoms with Gasteiger partial charge >= 0.3 is 0 Å². The van der Waals surface area contributed by atoms with Crippen LogP contribution in [-0.2, 0) is 4.74 Å².